The number of pyridine rings is 1. The molecule has 1 saturated heterocycles. The highest BCUT2D eigenvalue weighted by atomic mass is 16.6. The molecular weight excluding hydrogens is 236 g/mol. The van der Waals surface area contributed by atoms with E-state index >= 15 is 0 Å². The molecule has 18 heavy (non-hydrogen) atoms. The summed E-state index contributed by atoms with van der Waals surface area (Å²) in [4.78, 5) is 14.2. The van der Waals surface area contributed by atoms with Crippen molar-refractivity contribution in [3.8, 4) is 0 Å². The van der Waals surface area contributed by atoms with Crippen molar-refractivity contribution in [3.05, 3.63) is 22.2 Å². The van der Waals surface area contributed by atoms with Gasteiger partial charge < -0.3 is 15.8 Å². The fraction of sp³-hybridized carbons (Fsp3) is 0.545. The van der Waals surface area contributed by atoms with Gasteiger partial charge in [0.05, 0.1) is 23.7 Å². The SMILES string of the molecule is Nc1cc([N+](=O)[O-])cc(NCC2CCCOC2)n1. The molecule has 0 spiro atoms. The quantitative estimate of drug-likeness (QED) is 0.620. The van der Waals surface area contributed by atoms with Gasteiger partial charge in [-0.25, -0.2) is 4.98 Å². The third-order valence-corrected chi connectivity index (χ3v) is 2.87. The van der Waals surface area contributed by atoms with Crippen molar-refractivity contribution >= 4 is 17.3 Å². The van der Waals surface area contributed by atoms with E-state index < -0.39 is 4.92 Å². The predicted octanol–water partition coefficient (Wildman–Crippen LogP) is 1.41. The standard InChI is InChI=1S/C11H16N4O3/c12-10-4-9(15(16)17)5-11(14-10)13-6-8-2-1-3-18-7-8/h4-5,8H,1-3,6-7H2,(H3,12,13,14). The summed E-state index contributed by atoms with van der Waals surface area (Å²) in [5, 5.41) is 13.8. The Morgan fingerprint density at radius 2 is 2.44 bits per heavy atom. The average molecular weight is 252 g/mol. The smallest absolute Gasteiger partial charge is 0.276 e. The fourth-order valence-corrected chi connectivity index (χ4v) is 1.95. The predicted molar refractivity (Wildman–Crippen MR) is 67.3 cm³/mol. The number of anilines is 2. The van der Waals surface area contributed by atoms with Gasteiger partial charge in [-0.3, -0.25) is 10.1 Å². The van der Waals surface area contributed by atoms with E-state index in [1.807, 2.05) is 0 Å². The number of ether oxygens (including phenoxy) is 1. The van der Waals surface area contributed by atoms with Crippen LogP contribution in [0.3, 0.4) is 0 Å². The molecular formula is C11H16N4O3. The fourth-order valence-electron chi connectivity index (χ4n) is 1.95. The molecule has 98 valence electrons. The lowest BCUT2D eigenvalue weighted by atomic mass is 10.0. The Balaban J connectivity index is 1.97. The molecule has 3 N–H and O–H groups in total. The molecule has 0 radical (unpaired) electrons. The van der Waals surface area contributed by atoms with Gasteiger partial charge in [0.15, 0.2) is 0 Å². The largest absolute Gasteiger partial charge is 0.383 e. The Labute approximate surface area is 104 Å². The van der Waals surface area contributed by atoms with Crippen LogP contribution in [0.25, 0.3) is 0 Å². The molecule has 1 aromatic rings. The first-order valence-electron chi connectivity index (χ1n) is 5.88. The topological polar surface area (TPSA) is 103 Å². The number of nitrogen functional groups attached to an aromatic ring is 1. The number of nitrogens with one attached hydrogen (secondary N) is 1. The molecule has 2 heterocycles. The third-order valence-electron chi connectivity index (χ3n) is 2.87. The van der Waals surface area contributed by atoms with Gasteiger partial charge in [0.1, 0.15) is 11.6 Å². The highest BCUT2D eigenvalue weighted by molar-refractivity contribution is 5.52. The maximum Gasteiger partial charge on any atom is 0.276 e. The average Bonchev–Trinajstić information content (AvgIpc) is 2.37. The lowest BCUT2D eigenvalue weighted by Crippen LogP contribution is -2.24. The summed E-state index contributed by atoms with van der Waals surface area (Å²) in [6.45, 7) is 2.23. The minimum atomic E-state index is -0.479. The van der Waals surface area contributed by atoms with Gasteiger partial charge in [-0.1, -0.05) is 0 Å². The van der Waals surface area contributed by atoms with Crippen LogP contribution in [-0.4, -0.2) is 29.7 Å². The summed E-state index contributed by atoms with van der Waals surface area (Å²) in [6.07, 6.45) is 2.15. The monoisotopic (exact) mass is 252 g/mol. The summed E-state index contributed by atoms with van der Waals surface area (Å²) >= 11 is 0. The second kappa shape index (κ2) is 5.63. The molecule has 0 saturated carbocycles. The Morgan fingerprint density at radius 3 is 3.11 bits per heavy atom. The zero-order chi connectivity index (χ0) is 13.0. The Bertz CT molecular complexity index is 432. The number of rotatable bonds is 4. The van der Waals surface area contributed by atoms with E-state index in [1.165, 1.54) is 12.1 Å². The summed E-state index contributed by atoms with van der Waals surface area (Å²) in [5.41, 5.74) is 5.47. The first-order chi connectivity index (χ1) is 8.65. The maximum absolute atomic E-state index is 10.7. The number of hydrogen-bond acceptors (Lipinski definition) is 6. The van der Waals surface area contributed by atoms with Crippen molar-refractivity contribution in [2.45, 2.75) is 12.8 Å². The van der Waals surface area contributed by atoms with Gasteiger partial charge >= 0.3 is 0 Å². The van der Waals surface area contributed by atoms with Crippen molar-refractivity contribution in [1.29, 1.82) is 0 Å². The van der Waals surface area contributed by atoms with E-state index in [0.29, 0.717) is 18.3 Å². The van der Waals surface area contributed by atoms with E-state index in [1.54, 1.807) is 0 Å². The first-order valence-corrected chi connectivity index (χ1v) is 5.88. The summed E-state index contributed by atoms with van der Waals surface area (Å²) in [5.74, 6) is 1.000. The molecule has 7 nitrogen and oxygen atoms in total. The lowest BCUT2D eigenvalue weighted by Gasteiger charge is -2.22. The zero-order valence-corrected chi connectivity index (χ0v) is 9.96. The van der Waals surface area contributed by atoms with E-state index in [2.05, 4.69) is 10.3 Å². The molecule has 0 amide bonds. The molecule has 1 aliphatic heterocycles. The molecule has 2 rings (SSSR count). The maximum atomic E-state index is 10.7. The van der Waals surface area contributed by atoms with E-state index in [4.69, 9.17) is 10.5 Å². The van der Waals surface area contributed by atoms with Crippen molar-refractivity contribution in [2.24, 2.45) is 5.92 Å². The summed E-state index contributed by atoms with van der Waals surface area (Å²) < 4.78 is 5.36. The molecule has 1 aromatic heterocycles. The lowest BCUT2D eigenvalue weighted by molar-refractivity contribution is -0.384. The van der Waals surface area contributed by atoms with Crippen LogP contribution in [0.1, 0.15) is 12.8 Å². The second-order valence-corrected chi connectivity index (χ2v) is 4.36. The number of nitrogens with two attached hydrogens (primary N) is 1. The third kappa shape index (κ3) is 3.30. The summed E-state index contributed by atoms with van der Waals surface area (Å²) in [7, 11) is 0. The van der Waals surface area contributed by atoms with Gasteiger partial charge in [-0.15, -0.1) is 0 Å². The molecule has 7 heteroatoms. The van der Waals surface area contributed by atoms with Gasteiger partial charge in [0.2, 0.25) is 0 Å². The normalized spacial score (nSPS) is 19.4. The van der Waals surface area contributed by atoms with Crippen molar-refractivity contribution in [1.82, 2.24) is 4.98 Å². The minimum Gasteiger partial charge on any atom is -0.383 e. The van der Waals surface area contributed by atoms with Crippen LogP contribution in [0.2, 0.25) is 0 Å². The molecule has 0 aliphatic carbocycles. The molecule has 1 fully saturated rings. The molecule has 1 aliphatic rings. The number of nitro groups is 1. The van der Waals surface area contributed by atoms with Crippen LogP contribution >= 0.6 is 0 Å². The van der Waals surface area contributed by atoms with Crippen LogP contribution in [0.5, 0.6) is 0 Å². The molecule has 0 bridgehead atoms. The molecule has 0 aromatic carbocycles. The van der Waals surface area contributed by atoms with Gasteiger partial charge in [-0.2, -0.15) is 0 Å². The van der Waals surface area contributed by atoms with Crippen molar-refractivity contribution < 1.29 is 9.66 Å². The van der Waals surface area contributed by atoms with Crippen LogP contribution in [-0.2, 0) is 4.74 Å². The highest BCUT2D eigenvalue weighted by Crippen LogP contribution is 2.20. The Morgan fingerprint density at radius 1 is 1.61 bits per heavy atom. The molecule has 1 atom stereocenters. The van der Waals surface area contributed by atoms with Crippen LogP contribution < -0.4 is 11.1 Å². The molecule has 1 unspecified atom stereocenters. The second-order valence-electron chi connectivity index (χ2n) is 4.36. The summed E-state index contributed by atoms with van der Waals surface area (Å²) in [6, 6.07) is 2.63. The van der Waals surface area contributed by atoms with Crippen LogP contribution in [0.4, 0.5) is 17.3 Å². The first kappa shape index (κ1) is 12.6. The zero-order valence-electron chi connectivity index (χ0n) is 9.96. The Kier molecular flexibility index (Phi) is 3.93. The van der Waals surface area contributed by atoms with Crippen molar-refractivity contribution in [3.63, 3.8) is 0 Å². The van der Waals surface area contributed by atoms with E-state index in [-0.39, 0.29) is 11.5 Å². The number of aromatic nitrogens is 1. The number of nitrogens with zero attached hydrogens (tertiary/aromatic N) is 2. The van der Waals surface area contributed by atoms with Gasteiger partial charge in [-0.05, 0) is 18.8 Å². The Hall–Kier alpha value is -1.89. The van der Waals surface area contributed by atoms with Crippen LogP contribution in [0.15, 0.2) is 12.1 Å². The minimum absolute atomic E-state index is 0.0510. The van der Waals surface area contributed by atoms with E-state index in [9.17, 15) is 10.1 Å². The number of hydrogen-bond donors (Lipinski definition) is 2. The van der Waals surface area contributed by atoms with Crippen molar-refractivity contribution in [2.75, 3.05) is 30.8 Å². The highest BCUT2D eigenvalue weighted by Gasteiger charge is 2.15. The van der Waals surface area contributed by atoms with Gasteiger partial charge in [0.25, 0.3) is 5.69 Å². The van der Waals surface area contributed by atoms with Gasteiger partial charge in [0, 0.05) is 13.2 Å². The van der Waals surface area contributed by atoms with Crippen LogP contribution in [0, 0.1) is 16.0 Å². The van der Waals surface area contributed by atoms with E-state index in [0.717, 1.165) is 26.1 Å².